The van der Waals surface area contributed by atoms with E-state index in [9.17, 15) is 4.79 Å². The lowest BCUT2D eigenvalue weighted by molar-refractivity contribution is -0.120. The van der Waals surface area contributed by atoms with Crippen LogP contribution in [0, 0.1) is 0 Å². The van der Waals surface area contributed by atoms with Gasteiger partial charge >= 0.3 is 0 Å². The third kappa shape index (κ3) is 6.12. The molecule has 7 heteroatoms. The van der Waals surface area contributed by atoms with Crippen LogP contribution in [0.2, 0.25) is 5.02 Å². The third-order valence-electron chi connectivity index (χ3n) is 4.17. The summed E-state index contributed by atoms with van der Waals surface area (Å²) < 4.78 is 0. The summed E-state index contributed by atoms with van der Waals surface area (Å²) in [4.78, 5) is 20.6. The van der Waals surface area contributed by atoms with Crippen LogP contribution >= 0.6 is 11.6 Å². The number of nitrogens with zero attached hydrogens (tertiary/aromatic N) is 3. The molecular formula is C18H28ClN5O. The summed E-state index contributed by atoms with van der Waals surface area (Å²) in [5.41, 5.74) is 1.16. The minimum atomic E-state index is 0.0792. The second kappa shape index (κ2) is 10.1. The molecule has 0 atom stereocenters. The van der Waals surface area contributed by atoms with Crippen molar-refractivity contribution >= 4 is 29.2 Å². The highest BCUT2D eigenvalue weighted by Crippen LogP contribution is 2.20. The van der Waals surface area contributed by atoms with Crippen molar-refractivity contribution in [2.45, 2.75) is 19.8 Å². The number of rotatable bonds is 6. The molecule has 1 aromatic carbocycles. The lowest BCUT2D eigenvalue weighted by atomic mass is 10.2. The highest BCUT2D eigenvalue weighted by Gasteiger charge is 2.19. The monoisotopic (exact) mass is 365 g/mol. The second-order valence-corrected chi connectivity index (χ2v) is 6.46. The highest BCUT2D eigenvalue weighted by atomic mass is 35.5. The van der Waals surface area contributed by atoms with Gasteiger partial charge in [-0.3, -0.25) is 9.79 Å². The fraction of sp³-hybridized carbons (Fsp3) is 0.556. The van der Waals surface area contributed by atoms with Gasteiger partial charge in [0.05, 0.1) is 0 Å². The van der Waals surface area contributed by atoms with Gasteiger partial charge in [0.25, 0.3) is 0 Å². The number of halogens is 1. The first-order valence-corrected chi connectivity index (χ1v) is 9.24. The molecular weight excluding hydrogens is 338 g/mol. The Bertz CT molecular complexity index is 585. The zero-order chi connectivity index (χ0) is 18.1. The Morgan fingerprint density at radius 2 is 1.96 bits per heavy atom. The summed E-state index contributed by atoms with van der Waals surface area (Å²) in [7, 11) is 1.78. The molecule has 1 amide bonds. The average molecular weight is 366 g/mol. The van der Waals surface area contributed by atoms with E-state index in [2.05, 4.69) is 31.5 Å². The summed E-state index contributed by atoms with van der Waals surface area (Å²) in [6.07, 6.45) is 1.42. The van der Waals surface area contributed by atoms with Crippen molar-refractivity contribution in [1.82, 2.24) is 15.5 Å². The fourth-order valence-electron chi connectivity index (χ4n) is 2.82. The predicted octanol–water partition coefficient (Wildman–Crippen LogP) is 1.95. The van der Waals surface area contributed by atoms with Crippen LogP contribution in [0.3, 0.4) is 0 Å². The third-order valence-corrected chi connectivity index (χ3v) is 4.41. The number of nitrogens with one attached hydrogen (secondary N) is 2. The van der Waals surface area contributed by atoms with Crippen molar-refractivity contribution in [3.8, 4) is 0 Å². The minimum absolute atomic E-state index is 0.0792. The smallest absolute Gasteiger partial charge is 0.221 e. The van der Waals surface area contributed by atoms with Crippen molar-refractivity contribution in [3.63, 3.8) is 0 Å². The molecule has 0 bridgehead atoms. The van der Waals surface area contributed by atoms with Gasteiger partial charge in [0, 0.05) is 63.4 Å². The van der Waals surface area contributed by atoms with Crippen molar-refractivity contribution in [3.05, 3.63) is 29.3 Å². The quantitative estimate of drug-likeness (QED) is 0.597. The van der Waals surface area contributed by atoms with E-state index in [4.69, 9.17) is 11.6 Å². The van der Waals surface area contributed by atoms with Gasteiger partial charge < -0.3 is 20.4 Å². The number of amides is 1. The summed E-state index contributed by atoms with van der Waals surface area (Å²) in [5, 5.41) is 6.93. The van der Waals surface area contributed by atoms with Crippen LogP contribution in [0.4, 0.5) is 5.69 Å². The molecule has 0 aliphatic carbocycles. The molecule has 1 aliphatic rings. The molecule has 2 rings (SSSR count). The van der Waals surface area contributed by atoms with Crippen LogP contribution in [0.1, 0.15) is 19.8 Å². The van der Waals surface area contributed by atoms with Gasteiger partial charge in [-0.1, -0.05) is 24.6 Å². The van der Waals surface area contributed by atoms with Crippen LogP contribution in [0.15, 0.2) is 29.3 Å². The molecule has 1 aromatic rings. The maximum Gasteiger partial charge on any atom is 0.221 e. The van der Waals surface area contributed by atoms with Crippen LogP contribution in [-0.4, -0.2) is 63.1 Å². The number of carbonyl (C=O) groups excluding carboxylic acids is 1. The fourth-order valence-corrected chi connectivity index (χ4v) is 3.01. The zero-order valence-corrected chi connectivity index (χ0v) is 15.9. The SMILES string of the molecule is CCCNC(=O)CCNC(=NC)N1CCN(c2cccc(Cl)c2)CC1. The van der Waals surface area contributed by atoms with Gasteiger partial charge in [-0.2, -0.15) is 0 Å². The van der Waals surface area contributed by atoms with Gasteiger partial charge in [0.15, 0.2) is 5.96 Å². The first-order valence-electron chi connectivity index (χ1n) is 8.87. The molecule has 0 saturated carbocycles. The van der Waals surface area contributed by atoms with E-state index in [0.717, 1.165) is 55.8 Å². The number of benzene rings is 1. The lowest BCUT2D eigenvalue weighted by Crippen LogP contribution is -2.52. The Balaban J connectivity index is 1.77. The van der Waals surface area contributed by atoms with Crippen molar-refractivity contribution in [2.75, 3.05) is 51.2 Å². The molecule has 1 fully saturated rings. The van der Waals surface area contributed by atoms with Gasteiger partial charge in [-0.05, 0) is 24.6 Å². The number of anilines is 1. The molecule has 2 N–H and O–H groups in total. The van der Waals surface area contributed by atoms with Gasteiger partial charge in [-0.15, -0.1) is 0 Å². The standard InChI is InChI=1S/C18H28ClN5O/c1-3-8-21-17(25)7-9-22-18(20-2)24-12-10-23(11-13-24)16-6-4-5-15(19)14-16/h4-6,14H,3,7-13H2,1-2H3,(H,20,22)(H,21,25). The van der Waals surface area contributed by atoms with E-state index < -0.39 is 0 Å². The molecule has 0 spiro atoms. The molecule has 0 unspecified atom stereocenters. The minimum Gasteiger partial charge on any atom is -0.368 e. The normalized spacial score (nSPS) is 15.2. The summed E-state index contributed by atoms with van der Waals surface area (Å²) in [6.45, 7) is 6.97. The van der Waals surface area contributed by atoms with Crippen molar-refractivity contribution in [2.24, 2.45) is 4.99 Å². The maximum absolute atomic E-state index is 11.7. The molecule has 25 heavy (non-hydrogen) atoms. The molecule has 6 nitrogen and oxygen atoms in total. The predicted molar refractivity (Wildman–Crippen MR) is 105 cm³/mol. The number of hydrogen-bond donors (Lipinski definition) is 2. The number of carbonyl (C=O) groups is 1. The van der Waals surface area contributed by atoms with E-state index in [-0.39, 0.29) is 5.91 Å². The largest absolute Gasteiger partial charge is 0.368 e. The Morgan fingerprint density at radius 1 is 1.20 bits per heavy atom. The van der Waals surface area contributed by atoms with Crippen molar-refractivity contribution < 1.29 is 4.79 Å². The van der Waals surface area contributed by atoms with Crippen LogP contribution in [0.5, 0.6) is 0 Å². The molecule has 138 valence electrons. The second-order valence-electron chi connectivity index (χ2n) is 6.03. The van der Waals surface area contributed by atoms with Crippen LogP contribution in [0.25, 0.3) is 0 Å². The first kappa shape index (κ1) is 19.4. The van der Waals surface area contributed by atoms with Gasteiger partial charge in [0.2, 0.25) is 5.91 Å². The van der Waals surface area contributed by atoms with Crippen LogP contribution in [-0.2, 0) is 4.79 Å². The Hall–Kier alpha value is -1.95. The first-order chi connectivity index (χ1) is 12.1. The molecule has 1 saturated heterocycles. The molecule has 1 heterocycles. The van der Waals surface area contributed by atoms with E-state index in [0.29, 0.717) is 13.0 Å². The molecule has 1 aliphatic heterocycles. The van der Waals surface area contributed by atoms with E-state index in [1.54, 1.807) is 7.05 Å². The van der Waals surface area contributed by atoms with Crippen molar-refractivity contribution in [1.29, 1.82) is 0 Å². The summed E-state index contributed by atoms with van der Waals surface area (Å²) >= 11 is 6.08. The summed E-state index contributed by atoms with van der Waals surface area (Å²) in [5.74, 6) is 0.935. The van der Waals surface area contributed by atoms with E-state index in [1.807, 2.05) is 25.1 Å². The Morgan fingerprint density at radius 3 is 2.60 bits per heavy atom. The van der Waals surface area contributed by atoms with Crippen LogP contribution < -0.4 is 15.5 Å². The highest BCUT2D eigenvalue weighted by molar-refractivity contribution is 6.30. The average Bonchev–Trinajstić information content (AvgIpc) is 2.64. The van der Waals surface area contributed by atoms with Gasteiger partial charge in [-0.25, -0.2) is 0 Å². The Labute approximate surface area is 155 Å². The van der Waals surface area contributed by atoms with E-state index >= 15 is 0 Å². The Kier molecular flexibility index (Phi) is 7.85. The van der Waals surface area contributed by atoms with E-state index in [1.165, 1.54) is 0 Å². The molecule has 0 aromatic heterocycles. The summed E-state index contributed by atoms with van der Waals surface area (Å²) in [6, 6.07) is 7.96. The van der Waals surface area contributed by atoms with Gasteiger partial charge in [0.1, 0.15) is 0 Å². The lowest BCUT2D eigenvalue weighted by Gasteiger charge is -2.37. The number of piperazine rings is 1. The number of hydrogen-bond acceptors (Lipinski definition) is 3. The topological polar surface area (TPSA) is 60.0 Å². The zero-order valence-electron chi connectivity index (χ0n) is 15.1. The number of guanidine groups is 1. The maximum atomic E-state index is 11.7. The number of aliphatic imine (C=N–C) groups is 1. The molecule has 0 radical (unpaired) electrons.